The molecule has 4 heteroatoms. The van der Waals surface area contributed by atoms with Crippen LogP contribution in [0.25, 0.3) is 0 Å². The molecule has 2 nitrogen and oxygen atoms in total. The lowest BCUT2D eigenvalue weighted by atomic mass is 9.89. The van der Waals surface area contributed by atoms with E-state index in [1.54, 1.807) is 0 Å². The molecule has 2 heterocycles. The molecule has 0 aliphatic carbocycles. The van der Waals surface area contributed by atoms with Crippen LogP contribution in [0.4, 0.5) is 0 Å². The Bertz CT molecular complexity index is 403. The second-order valence-corrected chi connectivity index (χ2v) is 8.05. The maximum atomic E-state index is 4.95. The van der Waals surface area contributed by atoms with E-state index < -0.39 is 0 Å². The van der Waals surface area contributed by atoms with E-state index in [-0.39, 0.29) is 5.54 Å². The van der Waals surface area contributed by atoms with Crippen LogP contribution in [0.15, 0.2) is 5.38 Å². The molecule has 108 valence electrons. The number of aromatic nitrogens is 1. The average Bonchev–Trinajstić information content (AvgIpc) is 2.88. The summed E-state index contributed by atoms with van der Waals surface area (Å²) in [6, 6.07) is 0. The summed E-state index contributed by atoms with van der Waals surface area (Å²) in [5.74, 6) is 1.82. The summed E-state index contributed by atoms with van der Waals surface area (Å²) >= 11 is 3.94. The molecule has 1 aliphatic rings. The van der Waals surface area contributed by atoms with Gasteiger partial charge in [0.05, 0.1) is 11.2 Å². The highest BCUT2D eigenvalue weighted by Gasteiger charge is 2.42. The van der Waals surface area contributed by atoms with Crippen molar-refractivity contribution in [3.63, 3.8) is 0 Å². The van der Waals surface area contributed by atoms with Gasteiger partial charge in [-0.15, -0.1) is 11.3 Å². The van der Waals surface area contributed by atoms with Crippen molar-refractivity contribution in [3.05, 3.63) is 16.1 Å². The third-order valence-electron chi connectivity index (χ3n) is 3.96. The van der Waals surface area contributed by atoms with Crippen LogP contribution in [-0.2, 0) is 5.54 Å². The van der Waals surface area contributed by atoms with E-state index in [1.807, 2.05) is 11.3 Å². The van der Waals surface area contributed by atoms with Gasteiger partial charge in [0.15, 0.2) is 0 Å². The normalized spacial score (nSPS) is 27.9. The van der Waals surface area contributed by atoms with E-state index in [0.717, 1.165) is 6.54 Å². The molecule has 0 radical (unpaired) electrons. The van der Waals surface area contributed by atoms with Crippen LogP contribution < -0.4 is 5.32 Å². The maximum absolute atomic E-state index is 4.95. The van der Waals surface area contributed by atoms with Crippen molar-refractivity contribution in [1.29, 1.82) is 0 Å². The monoisotopic (exact) mass is 298 g/mol. The van der Waals surface area contributed by atoms with Crippen molar-refractivity contribution < 1.29 is 0 Å². The van der Waals surface area contributed by atoms with Crippen LogP contribution in [-0.4, -0.2) is 22.5 Å². The number of hydrogen-bond donors (Lipinski definition) is 1. The SMILES string of the molecule is CCCNC1(c2nc(C(C)C)cs2)CCCSC1C. The molecule has 2 rings (SSSR count). The van der Waals surface area contributed by atoms with E-state index in [4.69, 9.17) is 4.98 Å². The van der Waals surface area contributed by atoms with Crippen molar-refractivity contribution in [1.82, 2.24) is 10.3 Å². The minimum absolute atomic E-state index is 0.108. The first-order valence-electron chi connectivity index (χ1n) is 7.42. The van der Waals surface area contributed by atoms with Crippen molar-refractivity contribution in [3.8, 4) is 0 Å². The Morgan fingerprint density at radius 2 is 2.32 bits per heavy atom. The zero-order chi connectivity index (χ0) is 13.9. The topological polar surface area (TPSA) is 24.9 Å². The van der Waals surface area contributed by atoms with Crippen molar-refractivity contribution >= 4 is 23.1 Å². The summed E-state index contributed by atoms with van der Waals surface area (Å²) in [6.07, 6.45) is 3.70. The van der Waals surface area contributed by atoms with Crippen LogP contribution in [0.3, 0.4) is 0 Å². The second-order valence-electron chi connectivity index (χ2n) is 5.75. The summed E-state index contributed by atoms with van der Waals surface area (Å²) in [7, 11) is 0. The first-order valence-corrected chi connectivity index (χ1v) is 9.35. The van der Waals surface area contributed by atoms with Gasteiger partial charge in [0, 0.05) is 10.6 Å². The molecular formula is C15H26N2S2. The molecule has 0 spiro atoms. The fraction of sp³-hybridized carbons (Fsp3) is 0.800. The number of hydrogen-bond acceptors (Lipinski definition) is 4. The Labute approximate surface area is 125 Å². The fourth-order valence-electron chi connectivity index (χ4n) is 2.65. The van der Waals surface area contributed by atoms with Gasteiger partial charge >= 0.3 is 0 Å². The molecule has 1 N–H and O–H groups in total. The van der Waals surface area contributed by atoms with Crippen LogP contribution in [0, 0.1) is 0 Å². The van der Waals surface area contributed by atoms with E-state index in [2.05, 4.69) is 50.2 Å². The van der Waals surface area contributed by atoms with Gasteiger partial charge in [0.25, 0.3) is 0 Å². The molecule has 0 saturated carbocycles. The Balaban J connectivity index is 2.29. The fourth-order valence-corrected chi connectivity index (χ4v) is 5.26. The molecule has 1 aliphatic heterocycles. The molecule has 0 bridgehead atoms. The zero-order valence-electron chi connectivity index (χ0n) is 12.5. The van der Waals surface area contributed by atoms with Gasteiger partial charge in [0.1, 0.15) is 5.01 Å². The minimum Gasteiger partial charge on any atom is -0.305 e. The van der Waals surface area contributed by atoms with Crippen molar-refractivity contribution in [2.45, 2.75) is 63.7 Å². The minimum atomic E-state index is 0.108. The second kappa shape index (κ2) is 6.59. The predicted molar refractivity (Wildman–Crippen MR) is 87.3 cm³/mol. The summed E-state index contributed by atoms with van der Waals surface area (Å²) in [4.78, 5) is 4.95. The lowest BCUT2D eigenvalue weighted by Crippen LogP contribution is -2.51. The molecule has 1 fully saturated rings. The highest BCUT2D eigenvalue weighted by Crippen LogP contribution is 2.43. The Kier molecular flexibility index (Phi) is 5.32. The standard InChI is InChI=1S/C15H26N2S2/c1-5-8-16-15(7-6-9-18-12(15)4)14-17-13(10-19-14)11(2)3/h10-12,16H,5-9H2,1-4H3. The molecule has 0 amide bonds. The highest BCUT2D eigenvalue weighted by molar-refractivity contribution is 8.00. The molecular weight excluding hydrogens is 272 g/mol. The number of thiazole rings is 1. The van der Waals surface area contributed by atoms with Gasteiger partial charge < -0.3 is 5.32 Å². The average molecular weight is 299 g/mol. The lowest BCUT2D eigenvalue weighted by Gasteiger charge is -2.41. The van der Waals surface area contributed by atoms with Gasteiger partial charge in [-0.3, -0.25) is 0 Å². The van der Waals surface area contributed by atoms with Gasteiger partial charge in [-0.2, -0.15) is 11.8 Å². The van der Waals surface area contributed by atoms with Gasteiger partial charge in [-0.25, -0.2) is 4.98 Å². The maximum Gasteiger partial charge on any atom is 0.114 e. The van der Waals surface area contributed by atoms with Gasteiger partial charge in [-0.05, 0) is 37.5 Å². The van der Waals surface area contributed by atoms with Gasteiger partial charge in [0.2, 0.25) is 0 Å². The summed E-state index contributed by atoms with van der Waals surface area (Å²) in [6.45, 7) is 10.1. The van der Waals surface area contributed by atoms with Crippen LogP contribution in [0.5, 0.6) is 0 Å². The predicted octanol–water partition coefficient (Wildman–Crippen LogP) is 4.38. The molecule has 2 atom stereocenters. The molecule has 2 unspecified atom stereocenters. The van der Waals surface area contributed by atoms with Crippen molar-refractivity contribution in [2.75, 3.05) is 12.3 Å². The molecule has 19 heavy (non-hydrogen) atoms. The summed E-state index contributed by atoms with van der Waals surface area (Å²) in [5, 5.41) is 8.00. The Morgan fingerprint density at radius 3 is 2.89 bits per heavy atom. The first-order chi connectivity index (χ1) is 9.10. The molecule has 0 aromatic carbocycles. The van der Waals surface area contributed by atoms with Gasteiger partial charge in [-0.1, -0.05) is 27.7 Å². The number of nitrogens with zero attached hydrogens (tertiary/aromatic N) is 1. The first kappa shape index (κ1) is 15.3. The quantitative estimate of drug-likeness (QED) is 0.873. The Hall–Kier alpha value is -0.0600. The lowest BCUT2D eigenvalue weighted by molar-refractivity contribution is 0.294. The summed E-state index contributed by atoms with van der Waals surface area (Å²) in [5.41, 5.74) is 1.36. The summed E-state index contributed by atoms with van der Waals surface area (Å²) < 4.78 is 0. The third kappa shape index (κ3) is 3.17. The molecule has 1 aromatic heterocycles. The van der Waals surface area contributed by atoms with Crippen LogP contribution >= 0.6 is 23.1 Å². The number of nitrogens with one attached hydrogen (secondary N) is 1. The van der Waals surface area contributed by atoms with E-state index in [1.165, 1.54) is 35.7 Å². The van der Waals surface area contributed by atoms with Crippen LogP contribution in [0.1, 0.15) is 63.6 Å². The molecule has 1 saturated heterocycles. The van der Waals surface area contributed by atoms with Crippen LogP contribution in [0.2, 0.25) is 0 Å². The smallest absolute Gasteiger partial charge is 0.114 e. The number of rotatable bonds is 5. The van der Waals surface area contributed by atoms with E-state index in [9.17, 15) is 0 Å². The Morgan fingerprint density at radius 1 is 1.53 bits per heavy atom. The number of thioether (sulfide) groups is 1. The highest BCUT2D eigenvalue weighted by atomic mass is 32.2. The van der Waals surface area contributed by atoms with Crippen molar-refractivity contribution in [2.24, 2.45) is 0 Å². The van der Waals surface area contributed by atoms with E-state index in [0.29, 0.717) is 11.2 Å². The van der Waals surface area contributed by atoms with E-state index >= 15 is 0 Å². The largest absolute Gasteiger partial charge is 0.305 e. The zero-order valence-corrected chi connectivity index (χ0v) is 14.2. The molecule has 1 aromatic rings. The third-order valence-corrected chi connectivity index (χ3v) is 6.43.